The molecule has 1 fully saturated rings. The lowest BCUT2D eigenvalue weighted by Crippen LogP contribution is -2.56. The fraction of sp³-hybridized carbons (Fsp3) is 0.200. The zero-order valence-corrected chi connectivity index (χ0v) is 16.9. The number of aryl methyl sites for hydroxylation is 1. The first kappa shape index (κ1) is 18.1. The van der Waals surface area contributed by atoms with Crippen LogP contribution >= 0.6 is 22.9 Å². The molecule has 7 nitrogen and oxygen atoms in total. The quantitative estimate of drug-likeness (QED) is 0.398. The third kappa shape index (κ3) is 2.87. The number of amides is 1. The van der Waals surface area contributed by atoms with Crippen LogP contribution in [0.4, 0.5) is 5.13 Å². The molecule has 0 aliphatic carbocycles. The van der Waals surface area contributed by atoms with Gasteiger partial charge in [0.15, 0.2) is 0 Å². The highest BCUT2D eigenvalue weighted by Crippen LogP contribution is 2.45. The number of benzene rings is 2. The molecule has 5 rings (SSSR count). The van der Waals surface area contributed by atoms with Crippen molar-refractivity contribution < 1.29 is 9.90 Å². The van der Waals surface area contributed by atoms with Crippen LogP contribution in [0.2, 0.25) is 0 Å². The summed E-state index contributed by atoms with van der Waals surface area (Å²) < 4.78 is 2.07. The van der Waals surface area contributed by atoms with Gasteiger partial charge in [-0.05, 0) is 25.1 Å². The molecule has 2 aromatic heterocycles. The summed E-state index contributed by atoms with van der Waals surface area (Å²) in [6.07, 6.45) is 0. The second-order valence-electron chi connectivity index (χ2n) is 6.83. The molecule has 1 aliphatic heterocycles. The van der Waals surface area contributed by atoms with Gasteiger partial charge in [-0.25, -0.2) is 4.98 Å². The summed E-state index contributed by atoms with van der Waals surface area (Å²) in [6, 6.07) is 14.3. The Balaban J connectivity index is 1.46. The minimum absolute atomic E-state index is 0.103. The fourth-order valence-corrected chi connectivity index (χ4v) is 4.86. The average molecular weight is 426 g/mol. The molecule has 1 saturated heterocycles. The first-order valence-electron chi connectivity index (χ1n) is 9.04. The number of anilines is 1. The van der Waals surface area contributed by atoms with Crippen molar-refractivity contribution in [1.29, 1.82) is 0 Å². The molecule has 3 heterocycles. The number of aromatic hydroxyl groups is 1. The average Bonchev–Trinajstić information content (AvgIpc) is 3.31. The van der Waals surface area contributed by atoms with Crippen LogP contribution in [0.15, 0.2) is 48.5 Å². The largest absolute Gasteiger partial charge is 0.508 e. The number of nitrogens with zero attached hydrogens (tertiary/aromatic N) is 5. The van der Waals surface area contributed by atoms with E-state index < -0.39 is 11.4 Å². The molecular formula is C20H16ClN5O2S. The van der Waals surface area contributed by atoms with Gasteiger partial charge in [-0.1, -0.05) is 41.7 Å². The number of carbonyl (C=O) groups excluding carboxylic acids is 1. The molecular weight excluding hydrogens is 410 g/mol. The summed E-state index contributed by atoms with van der Waals surface area (Å²) in [5, 5.41) is 19.2. The fourth-order valence-electron chi connectivity index (χ4n) is 3.64. The van der Waals surface area contributed by atoms with Gasteiger partial charge in [0.2, 0.25) is 11.0 Å². The number of β-lactam (4-membered cyclic amide) rings is 1. The Morgan fingerprint density at radius 3 is 2.72 bits per heavy atom. The minimum Gasteiger partial charge on any atom is -0.508 e. The molecule has 1 aliphatic rings. The topological polar surface area (TPSA) is 84.1 Å². The molecule has 0 spiro atoms. The lowest BCUT2D eigenvalue weighted by molar-refractivity contribution is -0.123. The van der Waals surface area contributed by atoms with Gasteiger partial charge in [0.25, 0.3) is 0 Å². The molecule has 2 unspecified atom stereocenters. The van der Waals surface area contributed by atoms with E-state index in [9.17, 15) is 9.90 Å². The zero-order valence-electron chi connectivity index (χ0n) is 15.4. The normalized spacial score (nSPS) is 19.0. The monoisotopic (exact) mass is 425 g/mol. The second kappa shape index (κ2) is 6.82. The van der Waals surface area contributed by atoms with Crippen molar-refractivity contribution in [2.24, 2.45) is 0 Å². The molecule has 9 heteroatoms. The maximum Gasteiger partial charge on any atom is 0.250 e. The van der Waals surface area contributed by atoms with Crippen molar-refractivity contribution in [3.63, 3.8) is 0 Å². The van der Waals surface area contributed by atoms with Crippen molar-refractivity contribution in [3.8, 4) is 5.75 Å². The van der Waals surface area contributed by atoms with E-state index in [1.165, 1.54) is 16.2 Å². The summed E-state index contributed by atoms with van der Waals surface area (Å²) >= 11 is 7.60. The maximum atomic E-state index is 12.4. The maximum absolute atomic E-state index is 12.4. The Kier molecular flexibility index (Phi) is 4.25. The van der Waals surface area contributed by atoms with Crippen LogP contribution in [0.5, 0.6) is 5.75 Å². The number of phenolic OH excluding ortho intramolecular Hbond substituents is 1. The van der Waals surface area contributed by atoms with E-state index in [1.54, 1.807) is 24.3 Å². The van der Waals surface area contributed by atoms with Gasteiger partial charge in [0.05, 0.1) is 23.6 Å². The van der Waals surface area contributed by atoms with Gasteiger partial charge in [-0.2, -0.15) is 0 Å². The highest BCUT2D eigenvalue weighted by Gasteiger charge is 2.50. The number of hydrogen-bond donors (Lipinski definition) is 1. The van der Waals surface area contributed by atoms with Crippen molar-refractivity contribution >= 4 is 45.0 Å². The van der Waals surface area contributed by atoms with E-state index in [2.05, 4.69) is 19.7 Å². The number of halogens is 1. The van der Waals surface area contributed by atoms with E-state index in [0.29, 0.717) is 17.2 Å². The molecule has 29 heavy (non-hydrogen) atoms. The van der Waals surface area contributed by atoms with Gasteiger partial charge in [0.1, 0.15) is 22.0 Å². The summed E-state index contributed by atoms with van der Waals surface area (Å²) in [6.45, 7) is 2.46. The number of carbonyl (C=O) groups is 1. The summed E-state index contributed by atoms with van der Waals surface area (Å²) in [5.41, 5.74) is 2.55. The van der Waals surface area contributed by atoms with Gasteiger partial charge >= 0.3 is 0 Å². The SMILES string of the molecule is Cc1nc2ccccc2n1Cc1nnc(N2C(=O)C(Cl)C2c2ccccc2O)s1. The van der Waals surface area contributed by atoms with E-state index >= 15 is 0 Å². The number of hydrogen-bond acceptors (Lipinski definition) is 6. The van der Waals surface area contributed by atoms with Gasteiger partial charge in [-0.15, -0.1) is 21.8 Å². The summed E-state index contributed by atoms with van der Waals surface area (Å²) in [7, 11) is 0. The molecule has 0 radical (unpaired) electrons. The van der Waals surface area contributed by atoms with Crippen LogP contribution in [0.3, 0.4) is 0 Å². The second-order valence-corrected chi connectivity index (χ2v) is 8.34. The smallest absolute Gasteiger partial charge is 0.250 e. The third-order valence-corrected chi connectivity index (χ3v) is 6.42. The van der Waals surface area contributed by atoms with Crippen molar-refractivity contribution in [2.45, 2.75) is 24.9 Å². The van der Waals surface area contributed by atoms with Crippen molar-refractivity contribution in [2.75, 3.05) is 4.90 Å². The number of aromatic nitrogens is 4. The molecule has 0 bridgehead atoms. The lowest BCUT2D eigenvalue weighted by atomic mass is 9.93. The van der Waals surface area contributed by atoms with Crippen LogP contribution in [-0.4, -0.2) is 36.1 Å². The first-order chi connectivity index (χ1) is 14.0. The number of imidazole rings is 1. The third-order valence-electron chi connectivity index (χ3n) is 5.09. The lowest BCUT2D eigenvalue weighted by Gasteiger charge is -2.42. The molecule has 2 aromatic carbocycles. The molecule has 1 amide bonds. The summed E-state index contributed by atoms with van der Waals surface area (Å²) in [4.78, 5) is 18.5. The van der Waals surface area contributed by atoms with Gasteiger partial charge in [-0.3, -0.25) is 9.69 Å². The van der Waals surface area contributed by atoms with Crippen LogP contribution < -0.4 is 4.90 Å². The molecule has 2 atom stereocenters. The van der Waals surface area contributed by atoms with E-state index in [0.717, 1.165) is 21.9 Å². The molecule has 146 valence electrons. The number of alkyl halides is 1. The van der Waals surface area contributed by atoms with Gasteiger partial charge < -0.3 is 9.67 Å². The predicted octanol–water partition coefficient (Wildman–Crippen LogP) is 3.65. The summed E-state index contributed by atoms with van der Waals surface area (Å²) in [5.74, 6) is 0.744. The van der Waals surface area contributed by atoms with E-state index in [-0.39, 0.29) is 11.7 Å². The minimum atomic E-state index is -0.740. The van der Waals surface area contributed by atoms with Crippen LogP contribution in [0.25, 0.3) is 11.0 Å². The Morgan fingerprint density at radius 1 is 1.14 bits per heavy atom. The van der Waals surface area contributed by atoms with Crippen molar-refractivity contribution in [3.05, 3.63) is 64.9 Å². The molecule has 1 N–H and O–H groups in total. The highest BCUT2D eigenvalue weighted by molar-refractivity contribution is 7.15. The van der Waals surface area contributed by atoms with Crippen molar-refractivity contribution in [1.82, 2.24) is 19.7 Å². The standard InChI is InChI=1S/C20H16ClN5O2S/c1-11-22-13-7-3-4-8-14(13)25(11)10-16-23-24-20(29-16)26-18(17(21)19(26)28)12-6-2-5-9-15(12)27/h2-9,17-18,27H,10H2,1H3. The molecule has 0 saturated carbocycles. The Bertz CT molecular complexity index is 1240. The Morgan fingerprint density at radius 2 is 1.90 bits per heavy atom. The Labute approximate surface area is 175 Å². The Hall–Kier alpha value is -2.97. The highest BCUT2D eigenvalue weighted by atomic mass is 35.5. The van der Waals surface area contributed by atoms with E-state index in [4.69, 9.17) is 11.6 Å². The predicted molar refractivity (Wildman–Crippen MR) is 111 cm³/mol. The van der Waals surface area contributed by atoms with Gasteiger partial charge in [0, 0.05) is 5.56 Å². The van der Waals surface area contributed by atoms with Crippen LogP contribution in [-0.2, 0) is 11.3 Å². The zero-order chi connectivity index (χ0) is 20.1. The number of rotatable bonds is 4. The number of fused-ring (bicyclic) bond motifs is 1. The molecule has 4 aromatic rings. The van der Waals surface area contributed by atoms with E-state index in [1.807, 2.05) is 31.2 Å². The number of phenols is 1. The first-order valence-corrected chi connectivity index (χ1v) is 10.3. The van der Waals surface area contributed by atoms with Crippen LogP contribution in [0, 0.1) is 6.92 Å². The van der Waals surface area contributed by atoms with Crippen LogP contribution in [0.1, 0.15) is 22.4 Å². The number of para-hydroxylation sites is 3.